The van der Waals surface area contributed by atoms with Crippen LogP contribution in [0.1, 0.15) is 51.9 Å². The number of nitrogen functional groups attached to an aromatic ring is 1. The monoisotopic (exact) mass is 265 g/mol. The molecule has 108 valence electrons. The van der Waals surface area contributed by atoms with Crippen LogP contribution < -0.4 is 16.6 Å². The Morgan fingerprint density at radius 2 is 1.79 bits per heavy atom. The Labute approximate surface area is 116 Å². The van der Waals surface area contributed by atoms with E-state index in [4.69, 9.17) is 5.84 Å². The first-order chi connectivity index (χ1) is 9.03. The summed E-state index contributed by atoms with van der Waals surface area (Å²) < 4.78 is 0. The average Bonchev–Trinajstić information content (AvgIpc) is 2.38. The molecule has 0 saturated heterocycles. The maximum Gasteiger partial charge on any atom is 0.148 e. The lowest BCUT2D eigenvalue weighted by molar-refractivity contribution is 0.509. The highest BCUT2D eigenvalue weighted by molar-refractivity contribution is 5.57. The summed E-state index contributed by atoms with van der Waals surface area (Å²) in [6.07, 6.45) is 2.95. The summed E-state index contributed by atoms with van der Waals surface area (Å²) in [7, 11) is 0. The summed E-state index contributed by atoms with van der Waals surface area (Å²) in [6.45, 7) is 10.7. The van der Waals surface area contributed by atoms with E-state index in [9.17, 15) is 0 Å². The fraction of sp³-hybridized carbons (Fsp3) is 0.714. The zero-order valence-electron chi connectivity index (χ0n) is 12.7. The first kappa shape index (κ1) is 15.7. The van der Waals surface area contributed by atoms with E-state index in [0.717, 1.165) is 36.5 Å². The van der Waals surface area contributed by atoms with Crippen LogP contribution >= 0.6 is 0 Å². The van der Waals surface area contributed by atoms with Gasteiger partial charge in [-0.25, -0.2) is 15.8 Å². The normalized spacial score (nSPS) is 12.6. The molecular formula is C14H27N5. The quantitative estimate of drug-likeness (QED) is 0.522. The van der Waals surface area contributed by atoms with Crippen molar-refractivity contribution in [3.63, 3.8) is 0 Å². The van der Waals surface area contributed by atoms with E-state index in [2.05, 4.69) is 48.4 Å². The molecule has 1 aromatic rings. The van der Waals surface area contributed by atoms with E-state index >= 15 is 0 Å². The zero-order chi connectivity index (χ0) is 14.4. The van der Waals surface area contributed by atoms with Crippen LogP contribution in [0.2, 0.25) is 0 Å². The van der Waals surface area contributed by atoms with Crippen LogP contribution in [0.5, 0.6) is 0 Å². The number of aryl methyl sites for hydroxylation is 1. The highest BCUT2D eigenvalue weighted by atomic mass is 15.3. The first-order valence-corrected chi connectivity index (χ1v) is 7.14. The maximum absolute atomic E-state index is 5.54. The van der Waals surface area contributed by atoms with Gasteiger partial charge in [0.1, 0.15) is 17.5 Å². The zero-order valence-corrected chi connectivity index (χ0v) is 12.7. The van der Waals surface area contributed by atoms with Gasteiger partial charge in [0, 0.05) is 18.0 Å². The minimum Gasteiger partial charge on any atom is -0.367 e. The van der Waals surface area contributed by atoms with Crippen molar-refractivity contribution in [3.05, 3.63) is 11.4 Å². The molecule has 1 atom stereocenters. The van der Waals surface area contributed by atoms with Crippen molar-refractivity contribution in [2.45, 2.75) is 59.9 Å². The summed E-state index contributed by atoms with van der Waals surface area (Å²) in [6, 6.07) is 0.411. The minimum absolute atomic E-state index is 0.411. The molecule has 0 spiro atoms. The largest absolute Gasteiger partial charge is 0.367 e. The fourth-order valence-corrected chi connectivity index (χ4v) is 2.10. The van der Waals surface area contributed by atoms with Gasteiger partial charge in [0.2, 0.25) is 0 Å². The average molecular weight is 265 g/mol. The van der Waals surface area contributed by atoms with E-state index in [1.807, 2.05) is 6.92 Å². The summed E-state index contributed by atoms with van der Waals surface area (Å²) in [5.74, 6) is 8.54. The van der Waals surface area contributed by atoms with Gasteiger partial charge in [0.25, 0.3) is 0 Å². The predicted octanol–water partition coefficient (Wildman–Crippen LogP) is 2.87. The number of aromatic nitrogens is 2. The van der Waals surface area contributed by atoms with Gasteiger partial charge in [0.15, 0.2) is 0 Å². The van der Waals surface area contributed by atoms with Crippen LogP contribution in [-0.2, 0) is 6.42 Å². The molecule has 0 aliphatic carbocycles. The number of nitrogens with one attached hydrogen (secondary N) is 2. The molecule has 1 rings (SSSR count). The van der Waals surface area contributed by atoms with Gasteiger partial charge in [0.05, 0.1) is 0 Å². The molecule has 0 fully saturated rings. The third-order valence-electron chi connectivity index (χ3n) is 3.37. The minimum atomic E-state index is 0.411. The van der Waals surface area contributed by atoms with Crippen molar-refractivity contribution in [2.75, 3.05) is 10.7 Å². The Hall–Kier alpha value is -1.36. The van der Waals surface area contributed by atoms with Crippen molar-refractivity contribution in [1.82, 2.24) is 9.97 Å². The molecule has 0 aliphatic rings. The Morgan fingerprint density at radius 1 is 1.16 bits per heavy atom. The smallest absolute Gasteiger partial charge is 0.148 e. The Kier molecular flexibility index (Phi) is 6.02. The lowest BCUT2D eigenvalue weighted by atomic mass is 10.0. The Morgan fingerprint density at radius 3 is 2.26 bits per heavy atom. The topological polar surface area (TPSA) is 75.9 Å². The third-order valence-corrected chi connectivity index (χ3v) is 3.37. The van der Waals surface area contributed by atoms with Gasteiger partial charge in [-0.3, -0.25) is 0 Å². The third kappa shape index (κ3) is 4.06. The Bertz CT molecular complexity index is 403. The number of nitrogens with two attached hydrogens (primary N) is 1. The molecule has 1 aromatic heterocycles. The molecule has 4 N–H and O–H groups in total. The molecule has 5 heteroatoms. The first-order valence-electron chi connectivity index (χ1n) is 7.14. The van der Waals surface area contributed by atoms with Gasteiger partial charge in [-0.1, -0.05) is 27.7 Å². The highest BCUT2D eigenvalue weighted by Gasteiger charge is 2.15. The molecule has 0 amide bonds. The summed E-state index contributed by atoms with van der Waals surface area (Å²) >= 11 is 0. The van der Waals surface area contributed by atoms with E-state index in [1.54, 1.807) is 0 Å². The molecule has 0 bridgehead atoms. The molecule has 5 nitrogen and oxygen atoms in total. The summed E-state index contributed by atoms with van der Waals surface area (Å²) in [4.78, 5) is 9.05. The number of anilines is 2. The van der Waals surface area contributed by atoms with E-state index in [1.165, 1.54) is 0 Å². The SMILES string of the molecule is CCCc1nc(NN)c(C)c(NC(CC)C(C)C)n1. The van der Waals surface area contributed by atoms with Crippen LogP contribution in [0, 0.1) is 12.8 Å². The molecule has 0 aliphatic heterocycles. The van der Waals surface area contributed by atoms with E-state index in [0.29, 0.717) is 17.8 Å². The second-order valence-corrected chi connectivity index (χ2v) is 5.26. The molecule has 0 aromatic carbocycles. The molecule has 19 heavy (non-hydrogen) atoms. The highest BCUT2D eigenvalue weighted by Crippen LogP contribution is 2.22. The predicted molar refractivity (Wildman–Crippen MR) is 81.1 cm³/mol. The molecule has 1 heterocycles. The number of nitrogens with zero attached hydrogens (tertiary/aromatic N) is 2. The van der Waals surface area contributed by atoms with Gasteiger partial charge < -0.3 is 10.7 Å². The summed E-state index contributed by atoms with van der Waals surface area (Å²) in [5.41, 5.74) is 3.64. The van der Waals surface area contributed by atoms with Crippen molar-refractivity contribution in [2.24, 2.45) is 11.8 Å². The number of hydrogen-bond donors (Lipinski definition) is 3. The molecule has 0 radical (unpaired) electrons. The van der Waals surface area contributed by atoms with Crippen LogP contribution in [0.15, 0.2) is 0 Å². The van der Waals surface area contributed by atoms with E-state index in [-0.39, 0.29) is 0 Å². The molecule has 1 unspecified atom stereocenters. The van der Waals surface area contributed by atoms with Crippen LogP contribution in [0.25, 0.3) is 0 Å². The van der Waals surface area contributed by atoms with Crippen molar-refractivity contribution < 1.29 is 0 Å². The van der Waals surface area contributed by atoms with Gasteiger partial charge in [-0.05, 0) is 25.7 Å². The summed E-state index contributed by atoms with van der Waals surface area (Å²) in [5, 5.41) is 3.52. The van der Waals surface area contributed by atoms with Gasteiger partial charge in [-0.2, -0.15) is 0 Å². The number of rotatable bonds is 7. The van der Waals surface area contributed by atoms with Crippen molar-refractivity contribution in [1.29, 1.82) is 0 Å². The van der Waals surface area contributed by atoms with Crippen molar-refractivity contribution in [3.8, 4) is 0 Å². The standard InChI is InChI=1S/C14H27N5/c1-6-8-12-17-13(10(5)14(18-12)19-15)16-11(7-2)9(3)4/h9,11H,6-8,15H2,1-5H3,(H2,16,17,18,19). The lowest BCUT2D eigenvalue weighted by Crippen LogP contribution is -2.26. The van der Waals surface area contributed by atoms with Crippen LogP contribution in [0.3, 0.4) is 0 Å². The van der Waals surface area contributed by atoms with Crippen LogP contribution in [-0.4, -0.2) is 16.0 Å². The maximum atomic E-state index is 5.54. The van der Waals surface area contributed by atoms with E-state index < -0.39 is 0 Å². The number of hydrazine groups is 1. The lowest BCUT2D eigenvalue weighted by Gasteiger charge is -2.23. The second kappa shape index (κ2) is 7.28. The second-order valence-electron chi connectivity index (χ2n) is 5.26. The Balaban J connectivity index is 3.06. The van der Waals surface area contributed by atoms with Gasteiger partial charge >= 0.3 is 0 Å². The number of hydrogen-bond acceptors (Lipinski definition) is 5. The molecular weight excluding hydrogens is 238 g/mol. The van der Waals surface area contributed by atoms with Crippen molar-refractivity contribution >= 4 is 11.6 Å². The van der Waals surface area contributed by atoms with Crippen LogP contribution in [0.4, 0.5) is 11.6 Å². The fourth-order valence-electron chi connectivity index (χ4n) is 2.10. The molecule has 0 saturated carbocycles. The van der Waals surface area contributed by atoms with Gasteiger partial charge in [-0.15, -0.1) is 0 Å².